The number of allylic oxidation sites excluding steroid dienone is 3. The lowest BCUT2D eigenvalue weighted by atomic mass is 10.4. The zero-order chi connectivity index (χ0) is 11.5. The van der Waals surface area contributed by atoms with Crippen molar-refractivity contribution in [1.82, 2.24) is 0 Å². The van der Waals surface area contributed by atoms with Crippen LogP contribution in [0.25, 0.3) is 0 Å². The van der Waals surface area contributed by atoms with Crippen LogP contribution in [0, 0.1) is 0 Å². The molecular weight excluding hydrogens is 200 g/mol. The van der Waals surface area contributed by atoms with Crippen molar-refractivity contribution in [1.29, 1.82) is 0 Å². The van der Waals surface area contributed by atoms with Crippen molar-refractivity contribution in [2.45, 2.75) is 39.5 Å². The van der Waals surface area contributed by atoms with Crippen LogP contribution in [0.5, 0.6) is 0 Å². The van der Waals surface area contributed by atoms with E-state index in [9.17, 15) is 0 Å². The molecular formula is C13H22OSi. The van der Waals surface area contributed by atoms with Crippen LogP contribution in [-0.2, 0) is 4.74 Å². The Labute approximate surface area is 94.5 Å². The molecule has 2 heteroatoms. The van der Waals surface area contributed by atoms with Crippen LogP contribution in [0.2, 0.25) is 6.55 Å². The van der Waals surface area contributed by atoms with Gasteiger partial charge >= 0.3 is 0 Å². The Hall–Kier alpha value is -0.603. The van der Waals surface area contributed by atoms with Crippen molar-refractivity contribution < 1.29 is 4.74 Å². The standard InChI is InChI=1S/C13H22OSi/c1-6-13(14-10-11(2)3)15(5)9-7-8-12(15)4/h7-9,13H,2,6,10H2,1,3-5H3. The van der Waals surface area contributed by atoms with E-state index in [1.807, 2.05) is 6.92 Å². The normalized spacial score (nSPS) is 26.5. The van der Waals surface area contributed by atoms with Gasteiger partial charge in [-0.05, 0) is 20.3 Å². The summed E-state index contributed by atoms with van der Waals surface area (Å²) in [5.74, 6) is 0. The molecule has 1 nitrogen and oxygen atoms in total. The minimum Gasteiger partial charge on any atom is -0.376 e. The quantitative estimate of drug-likeness (QED) is 0.510. The molecule has 0 fully saturated rings. The maximum atomic E-state index is 5.98. The Balaban J connectivity index is 2.70. The predicted molar refractivity (Wildman–Crippen MR) is 69.4 cm³/mol. The Bertz CT molecular complexity index is 304. The Kier molecular flexibility index (Phi) is 4.11. The molecule has 2 atom stereocenters. The van der Waals surface area contributed by atoms with Crippen LogP contribution in [-0.4, -0.2) is 20.4 Å². The average Bonchev–Trinajstić information content (AvgIpc) is 2.48. The fourth-order valence-electron chi connectivity index (χ4n) is 2.02. The summed E-state index contributed by atoms with van der Waals surface area (Å²) < 4.78 is 5.98. The van der Waals surface area contributed by atoms with Crippen LogP contribution in [0.4, 0.5) is 0 Å². The smallest absolute Gasteiger partial charge is 0.134 e. The van der Waals surface area contributed by atoms with Gasteiger partial charge in [0.1, 0.15) is 8.07 Å². The molecule has 0 spiro atoms. The van der Waals surface area contributed by atoms with Gasteiger partial charge < -0.3 is 4.74 Å². The van der Waals surface area contributed by atoms with Gasteiger partial charge in [-0.15, -0.1) is 0 Å². The van der Waals surface area contributed by atoms with Gasteiger partial charge in [0.15, 0.2) is 0 Å². The molecule has 1 rings (SSSR count). The summed E-state index contributed by atoms with van der Waals surface area (Å²) >= 11 is 0. The minimum absolute atomic E-state index is 0.393. The second-order valence-electron chi connectivity index (χ2n) is 4.66. The number of ether oxygens (including phenoxy) is 1. The van der Waals surface area contributed by atoms with Crippen molar-refractivity contribution >= 4 is 8.07 Å². The number of hydrogen-bond donors (Lipinski definition) is 0. The van der Waals surface area contributed by atoms with Gasteiger partial charge in [-0.3, -0.25) is 0 Å². The molecule has 0 amide bonds. The van der Waals surface area contributed by atoms with Crippen LogP contribution in [0.15, 0.2) is 35.2 Å². The van der Waals surface area contributed by atoms with E-state index in [4.69, 9.17) is 4.74 Å². The van der Waals surface area contributed by atoms with E-state index in [1.54, 1.807) is 0 Å². The first-order chi connectivity index (χ1) is 7.00. The summed E-state index contributed by atoms with van der Waals surface area (Å²) in [5, 5.41) is 1.52. The van der Waals surface area contributed by atoms with E-state index in [-0.39, 0.29) is 0 Å². The van der Waals surface area contributed by atoms with Crippen LogP contribution in [0.3, 0.4) is 0 Å². The third-order valence-electron chi connectivity index (χ3n) is 3.21. The van der Waals surface area contributed by atoms with Crippen molar-refractivity contribution in [3.05, 3.63) is 35.2 Å². The highest BCUT2D eigenvalue weighted by Crippen LogP contribution is 2.29. The minimum atomic E-state index is -1.47. The van der Waals surface area contributed by atoms with Gasteiger partial charge in [0.25, 0.3) is 0 Å². The Morgan fingerprint density at radius 1 is 1.60 bits per heavy atom. The van der Waals surface area contributed by atoms with E-state index in [1.165, 1.54) is 5.20 Å². The third kappa shape index (κ3) is 2.70. The molecule has 0 saturated heterocycles. The van der Waals surface area contributed by atoms with Crippen LogP contribution < -0.4 is 0 Å². The van der Waals surface area contributed by atoms with Gasteiger partial charge in [-0.2, -0.15) is 0 Å². The predicted octanol–water partition coefficient (Wildman–Crippen LogP) is 3.57. The van der Waals surface area contributed by atoms with E-state index < -0.39 is 8.07 Å². The second kappa shape index (κ2) is 4.95. The summed E-state index contributed by atoms with van der Waals surface area (Å²) in [6.07, 6.45) is 5.51. The number of hydrogen-bond acceptors (Lipinski definition) is 1. The zero-order valence-electron chi connectivity index (χ0n) is 10.3. The fourth-order valence-corrected chi connectivity index (χ4v) is 5.24. The Morgan fingerprint density at radius 3 is 2.67 bits per heavy atom. The first-order valence-electron chi connectivity index (χ1n) is 5.63. The van der Waals surface area contributed by atoms with Crippen LogP contribution >= 0.6 is 0 Å². The number of rotatable bonds is 5. The lowest BCUT2D eigenvalue weighted by molar-refractivity contribution is 0.118. The molecule has 1 aliphatic rings. The molecule has 0 aromatic rings. The summed E-state index contributed by atoms with van der Waals surface area (Å²) in [5.41, 5.74) is 3.88. The third-order valence-corrected chi connectivity index (χ3v) is 7.87. The van der Waals surface area contributed by atoms with E-state index in [2.05, 4.69) is 44.8 Å². The average molecular weight is 222 g/mol. The van der Waals surface area contributed by atoms with E-state index in [0.29, 0.717) is 12.3 Å². The second-order valence-corrected chi connectivity index (χ2v) is 8.99. The van der Waals surface area contributed by atoms with Gasteiger partial charge in [0.05, 0.1) is 12.3 Å². The molecule has 84 valence electrons. The van der Waals surface area contributed by atoms with Gasteiger partial charge in [0.2, 0.25) is 0 Å². The van der Waals surface area contributed by atoms with Crippen LogP contribution in [0.1, 0.15) is 27.2 Å². The lowest BCUT2D eigenvalue weighted by Crippen LogP contribution is -2.45. The zero-order valence-corrected chi connectivity index (χ0v) is 11.3. The fraction of sp³-hybridized carbons (Fsp3) is 0.538. The molecule has 15 heavy (non-hydrogen) atoms. The first-order valence-corrected chi connectivity index (χ1v) is 8.28. The van der Waals surface area contributed by atoms with Crippen molar-refractivity contribution in [3.8, 4) is 0 Å². The molecule has 1 heterocycles. The molecule has 0 aliphatic carbocycles. The molecule has 0 aromatic heterocycles. The SMILES string of the molecule is C=C(C)COC(CC)[Si]1(C)C=CC=C1C. The van der Waals surface area contributed by atoms with Crippen molar-refractivity contribution in [3.63, 3.8) is 0 Å². The molecule has 2 unspecified atom stereocenters. The Morgan fingerprint density at radius 2 is 2.27 bits per heavy atom. The summed E-state index contributed by atoms with van der Waals surface area (Å²) in [7, 11) is -1.47. The van der Waals surface area contributed by atoms with Gasteiger partial charge in [0, 0.05) is 0 Å². The molecule has 0 bridgehead atoms. The highest BCUT2D eigenvalue weighted by Gasteiger charge is 2.37. The van der Waals surface area contributed by atoms with Gasteiger partial charge in [-0.25, -0.2) is 0 Å². The maximum Gasteiger partial charge on any atom is 0.134 e. The molecule has 0 saturated carbocycles. The molecule has 1 aliphatic heterocycles. The summed E-state index contributed by atoms with van der Waals surface area (Å²) in [6.45, 7) is 13.4. The van der Waals surface area contributed by atoms with E-state index >= 15 is 0 Å². The van der Waals surface area contributed by atoms with E-state index in [0.717, 1.165) is 12.0 Å². The van der Waals surface area contributed by atoms with Crippen molar-refractivity contribution in [2.24, 2.45) is 0 Å². The summed E-state index contributed by atoms with van der Waals surface area (Å²) in [6, 6.07) is 0. The monoisotopic (exact) mass is 222 g/mol. The lowest BCUT2D eigenvalue weighted by Gasteiger charge is -2.31. The molecule has 0 radical (unpaired) electrons. The molecule has 0 N–H and O–H groups in total. The summed E-state index contributed by atoms with van der Waals surface area (Å²) in [4.78, 5) is 0. The highest BCUT2D eigenvalue weighted by molar-refractivity contribution is 6.91. The van der Waals surface area contributed by atoms with Crippen molar-refractivity contribution in [2.75, 3.05) is 6.61 Å². The first kappa shape index (κ1) is 12.5. The maximum absolute atomic E-state index is 5.98. The highest BCUT2D eigenvalue weighted by atomic mass is 28.3. The largest absolute Gasteiger partial charge is 0.376 e. The molecule has 0 aromatic carbocycles. The van der Waals surface area contributed by atoms with Gasteiger partial charge in [-0.1, -0.05) is 48.7 Å². The topological polar surface area (TPSA) is 9.23 Å².